The Bertz CT molecular complexity index is 364. The number of fused-ring (bicyclic) bond motifs is 1. The quantitative estimate of drug-likeness (QED) is 0.835. The van der Waals surface area contributed by atoms with Crippen molar-refractivity contribution in [3.8, 4) is 0 Å². The van der Waals surface area contributed by atoms with Crippen LogP contribution in [0.2, 0.25) is 0 Å². The van der Waals surface area contributed by atoms with Crippen LogP contribution < -0.4 is 0 Å². The van der Waals surface area contributed by atoms with E-state index in [1.807, 2.05) is 0 Å². The van der Waals surface area contributed by atoms with Crippen LogP contribution in [0.3, 0.4) is 0 Å². The van der Waals surface area contributed by atoms with Gasteiger partial charge in [-0.05, 0) is 36.3 Å². The number of likely N-dealkylation sites (tertiary alicyclic amines) is 1. The zero-order chi connectivity index (χ0) is 11.0. The largest absolute Gasteiger partial charge is 0.396 e. The zero-order valence-electron chi connectivity index (χ0n) is 9.60. The van der Waals surface area contributed by atoms with Gasteiger partial charge in [0.15, 0.2) is 0 Å². The summed E-state index contributed by atoms with van der Waals surface area (Å²) in [5.74, 6) is 0.759. The number of nitrogens with zero attached hydrogens (tertiary/aromatic N) is 1. The maximum atomic E-state index is 9.35. The Hall–Kier alpha value is -0.860. The lowest BCUT2D eigenvalue weighted by atomic mass is 9.96. The van der Waals surface area contributed by atoms with Gasteiger partial charge in [0.05, 0.1) is 0 Å². The molecule has 1 heterocycles. The first kappa shape index (κ1) is 10.3. The number of benzene rings is 1. The van der Waals surface area contributed by atoms with E-state index in [4.69, 9.17) is 0 Å². The van der Waals surface area contributed by atoms with Crippen molar-refractivity contribution in [3.05, 3.63) is 35.9 Å². The molecule has 1 N–H and O–H groups in total. The van der Waals surface area contributed by atoms with Crippen LogP contribution >= 0.6 is 0 Å². The second-order valence-corrected chi connectivity index (χ2v) is 5.39. The third-order valence-electron chi connectivity index (χ3n) is 4.33. The number of piperidine rings is 1. The fourth-order valence-electron chi connectivity index (χ4n) is 3.04. The maximum absolute atomic E-state index is 9.35. The second kappa shape index (κ2) is 3.86. The highest BCUT2D eigenvalue weighted by atomic mass is 16.3. The molecule has 1 aliphatic carbocycles. The summed E-state index contributed by atoms with van der Waals surface area (Å²) in [5.41, 5.74) is 1.73. The minimum atomic E-state index is 0.327. The second-order valence-electron chi connectivity index (χ2n) is 5.39. The number of rotatable bonds is 3. The first-order valence-corrected chi connectivity index (χ1v) is 6.19. The molecule has 86 valence electrons. The highest BCUT2D eigenvalue weighted by molar-refractivity contribution is 5.15. The molecule has 16 heavy (non-hydrogen) atoms. The lowest BCUT2D eigenvalue weighted by Gasteiger charge is -2.30. The highest BCUT2D eigenvalue weighted by Crippen LogP contribution is 2.57. The van der Waals surface area contributed by atoms with Crippen molar-refractivity contribution >= 4 is 0 Å². The van der Waals surface area contributed by atoms with Gasteiger partial charge in [-0.1, -0.05) is 30.3 Å². The number of aliphatic hydroxyl groups excluding tert-OH is 1. The van der Waals surface area contributed by atoms with Gasteiger partial charge in [0.1, 0.15) is 0 Å². The topological polar surface area (TPSA) is 23.5 Å². The van der Waals surface area contributed by atoms with E-state index in [1.54, 1.807) is 0 Å². The molecule has 0 bridgehead atoms. The molecule has 1 saturated heterocycles. The van der Waals surface area contributed by atoms with E-state index >= 15 is 0 Å². The number of hydrogen-bond donors (Lipinski definition) is 1. The molecule has 2 atom stereocenters. The van der Waals surface area contributed by atoms with Gasteiger partial charge in [0, 0.05) is 19.7 Å². The fraction of sp³-hybridized carbons (Fsp3) is 0.571. The third-order valence-corrected chi connectivity index (χ3v) is 4.33. The van der Waals surface area contributed by atoms with Gasteiger partial charge < -0.3 is 5.11 Å². The molecule has 1 aliphatic heterocycles. The molecule has 0 spiro atoms. The molecule has 2 nitrogen and oxygen atoms in total. The molecule has 1 aromatic rings. The van der Waals surface area contributed by atoms with Gasteiger partial charge in [0.2, 0.25) is 0 Å². The first-order chi connectivity index (χ1) is 7.82. The van der Waals surface area contributed by atoms with Crippen LogP contribution in [-0.4, -0.2) is 29.7 Å². The molecular weight excluding hydrogens is 198 g/mol. The molecule has 2 aliphatic rings. The summed E-state index contributed by atoms with van der Waals surface area (Å²) in [7, 11) is 0. The normalized spacial score (nSPS) is 33.4. The van der Waals surface area contributed by atoms with Crippen LogP contribution in [0.4, 0.5) is 0 Å². The van der Waals surface area contributed by atoms with Crippen molar-refractivity contribution in [3.63, 3.8) is 0 Å². The molecule has 0 radical (unpaired) electrons. The van der Waals surface area contributed by atoms with Crippen LogP contribution in [0.25, 0.3) is 0 Å². The Morgan fingerprint density at radius 2 is 2.12 bits per heavy atom. The van der Waals surface area contributed by atoms with Crippen LogP contribution in [-0.2, 0) is 6.54 Å². The first-order valence-electron chi connectivity index (χ1n) is 6.19. The Kier molecular flexibility index (Phi) is 2.49. The van der Waals surface area contributed by atoms with Crippen LogP contribution in [0.5, 0.6) is 0 Å². The molecule has 1 aromatic carbocycles. The van der Waals surface area contributed by atoms with Crippen molar-refractivity contribution in [1.29, 1.82) is 0 Å². The van der Waals surface area contributed by atoms with E-state index in [0.717, 1.165) is 19.0 Å². The summed E-state index contributed by atoms with van der Waals surface area (Å²) >= 11 is 0. The Morgan fingerprint density at radius 1 is 1.31 bits per heavy atom. The SMILES string of the molecule is OC[C@]12CCN(Cc3ccccc3)C[C@@H]1C2. The van der Waals surface area contributed by atoms with Crippen LogP contribution in [0.1, 0.15) is 18.4 Å². The van der Waals surface area contributed by atoms with E-state index in [2.05, 4.69) is 35.2 Å². The smallest absolute Gasteiger partial charge is 0.0491 e. The number of hydrogen-bond acceptors (Lipinski definition) is 2. The lowest BCUT2D eigenvalue weighted by molar-refractivity contribution is 0.116. The van der Waals surface area contributed by atoms with Crippen molar-refractivity contribution in [1.82, 2.24) is 4.90 Å². The van der Waals surface area contributed by atoms with E-state index in [-0.39, 0.29) is 0 Å². The van der Waals surface area contributed by atoms with E-state index in [9.17, 15) is 5.11 Å². The average molecular weight is 217 g/mol. The Labute approximate surface area is 96.9 Å². The van der Waals surface area contributed by atoms with Crippen LogP contribution in [0, 0.1) is 11.3 Å². The van der Waals surface area contributed by atoms with Gasteiger partial charge in [-0.3, -0.25) is 4.90 Å². The van der Waals surface area contributed by atoms with Gasteiger partial charge in [-0.2, -0.15) is 0 Å². The van der Waals surface area contributed by atoms with E-state index < -0.39 is 0 Å². The Balaban J connectivity index is 1.59. The molecule has 3 rings (SSSR count). The number of aliphatic hydroxyl groups is 1. The van der Waals surface area contributed by atoms with Crippen molar-refractivity contribution in [2.75, 3.05) is 19.7 Å². The van der Waals surface area contributed by atoms with Crippen molar-refractivity contribution in [2.45, 2.75) is 19.4 Å². The van der Waals surface area contributed by atoms with E-state index in [1.165, 1.54) is 24.9 Å². The molecule has 0 amide bonds. The predicted octanol–water partition coefficient (Wildman–Crippen LogP) is 1.89. The van der Waals surface area contributed by atoms with Crippen molar-refractivity contribution < 1.29 is 5.11 Å². The average Bonchev–Trinajstić information content (AvgIpc) is 3.05. The summed E-state index contributed by atoms with van der Waals surface area (Å²) < 4.78 is 0. The van der Waals surface area contributed by atoms with E-state index in [0.29, 0.717) is 12.0 Å². The third kappa shape index (κ3) is 1.76. The van der Waals surface area contributed by atoms with Gasteiger partial charge >= 0.3 is 0 Å². The van der Waals surface area contributed by atoms with Crippen LogP contribution in [0.15, 0.2) is 30.3 Å². The molecular formula is C14H19NO. The Morgan fingerprint density at radius 3 is 2.81 bits per heavy atom. The molecule has 1 saturated carbocycles. The summed E-state index contributed by atoms with van der Waals surface area (Å²) in [4.78, 5) is 2.53. The van der Waals surface area contributed by atoms with Gasteiger partial charge in [-0.15, -0.1) is 0 Å². The summed E-state index contributed by atoms with van der Waals surface area (Å²) in [6.45, 7) is 3.79. The minimum absolute atomic E-state index is 0.327. The zero-order valence-corrected chi connectivity index (χ0v) is 9.60. The maximum Gasteiger partial charge on any atom is 0.0491 e. The predicted molar refractivity (Wildman–Crippen MR) is 64.0 cm³/mol. The summed E-state index contributed by atoms with van der Waals surface area (Å²) in [6, 6.07) is 10.7. The fourth-order valence-corrected chi connectivity index (χ4v) is 3.04. The lowest BCUT2D eigenvalue weighted by Crippen LogP contribution is -2.35. The molecule has 0 aromatic heterocycles. The standard InChI is InChI=1S/C14H19NO/c16-11-14-6-7-15(10-13(14)8-14)9-12-4-2-1-3-5-12/h1-5,13,16H,6-11H2/t13-,14+/m0/s1. The van der Waals surface area contributed by atoms with Crippen molar-refractivity contribution in [2.24, 2.45) is 11.3 Å². The summed E-state index contributed by atoms with van der Waals surface area (Å²) in [5, 5.41) is 9.35. The molecule has 0 unspecified atom stereocenters. The highest BCUT2D eigenvalue weighted by Gasteiger charge is 2.55. The van der Waals surface area contributed by atoms with Gasteiger partial charge in [0.25, 0.3) is 0 Å². The minimum Gasteiger partial charge on any atom is -0.396 e. The van der Waals surface area contributed by atoms with Gasteiger partial charge in [-0.25, -0.2) is 0 Å². The molecule has 2 fully saturated rings. The summed E-state index contributed by atoms with van der Waals surface area (Å²) in [6.07, 6.45) is 2.43. The molecule has 2 heteroatoms. The monoisotopic (exact) mass is 217 g/mol.